The lowest BCUT2D eigenvalue weighted by atomic mass is 9.93. The predicted octanol–water partition coefficient (Wildman–Crippen LogP) is 2.38. The van der Waals surface area contributed by atoms with Gasteiger partial charge in [-0.3, -0.25) is 14.7 Å². The highest BCUT2D eigenvalue weighted by Gasteiger charge is 2.25. The molecule has 8 heteroatoms. The molecule has 1 aromatic heterocycles. The van der Waals surface area contributed by atoms with E-state index in [4.69, 9.17) is 9.47 Å². The first-order valence-corrected chi connectivity index (χ1v) is 9.86. The molecule has 0 bridgehead atoms. The zero-order chi connectivity index (χ0) is 20.6. The molecule has 29 heavy (non-hydrogen) atoms. The molecule has 2 N–H and O–H groups in total. The number of aromatic amines is 1. The number of carbonyl (C=O) groups excluding carboxylic acids is 2. The van der Waals surface area contributed by atoms with Gasteiger partial charge in [-0.2, -0.15) is 5.10 Å². The number of hydrogen-bond acceptors (Lipinski definition) is 5. The summed E-state index contributed by atoms with van der Waals surface area (Å²) in [7, 11) is 3.20. The molecule has 1 saturated heterocycles. The van der Waals surface area contributed by atoms with E-state index in [9.17, 15) is 9.59 Å². The monoisotopic (exact) mass is 400 g/mol. The molecule has 1 unspecified atom stereocenters. The van der Waals surface area contributed by atoms with Crippen molar-refractivity contribution in [3.63, 3.8) is 0 Å². The zero-order valence-electron chi connectivity index (χ0n) is 16.9. The van der Waals surface area contributed by atoms with Crippen molar-refractivity contribution in [1.82, 2.24) is 20.4 Å². The molecule has 1 aliphatic heterocycles. The van der Waals surface area contributed by atoms with E-state index in [0.29, 0.717) is 42.5 Å². The number of piperidine rings is 1. The minimum absolute atomic E-state index is 0.000461. The molecule has 3 rings (SSSR count). The van der Waals surface area contributed by atoms with E-state index < -0.39 is 0 Å². The number of methoxy groups -OCH3 is 2. The first-order valence-electron chi connectivity index (χ1n) is 9.86. The SMILES string of the molecule is COc1ccc(CNC(=O)CCC2CCCN(C(=O)c3cn[nH]c3)C2)c(OC)c1. The van der Waals surface area contributed by atoms with Gasteiger partial charge in [-0.1, -0.05) is 0 Å². The molecule has 0 spiro atoms. The number of nitrogens with one attached hydrogen (secondary N) is 2. The maximum absolute atomic E-state index is 12.5. The molecule has 1 atom stereocenters. The number of amides is 2. The number of H-pyrrole nitrogens is 1. The summed E-state index contributed by atoms with van der Waals surface area (Å²) in [5, 5.41) is 9.47. The van der Waals surface area contributed by atoms with Crippen LogP contribution >= 0.6 is 0 Å². The second-order valence-electron chi connectivity index (χ2n) is 7.24. The summed E-state index contributed by atoms with van der Waals surface area (Å²) >= 11 is 0. The van der Waals surface area contributed by atoms with Crippen molar-refractivity contribution in [2.45, 2.75) is 32.2 Å². The highest BCUT2D eigenvalue weighted by atomic mass is 16.5. The molecular weight excluding hydrogens is 372 g/mol. The second kappa shape index (κ2) is 9.95. The molecule has 1 aromatic carbocycles. The van der Waals surface area contributed by atoms with Crippen molar-refractivity contribution in [3.05, 3.63) is 41.7 Å². The molecule has 1 aliphatic rings. The Hall–Kier alpha value is -3.03. The van der Waals surface area contributed by atoms with Gasteiger partial charge in [0.2, 0.25) is 5.91 Å². The normalized spacial score (nSPS) is 16.3. The summed E-state index contributed by atoms with van der Waals surface area (Å²) in [5.41, 5.74) is 1.48. The van der Waals surface area contributed by atoms with Gasteiger partial charge in [0, 0.05) is 43.9 Å². The standard InChI is InChI=1S/C21H28N4O4/c1-28-18-7-6-16(19(10-18)29-2)11-22-20(26)8-5-15-4-3-9-25(14-15)21(27)17-12-23-24-13-17/h6-7,10,12-13,15H,3-5,8-9,11,14H2,1-2H3,(H,22,26)(H,23,24). The summed E-state index contributed by atoms with van der Waals surface area (Å²) in [6.45, 7) is 1.84. The third-order valence-corrected chi connectivity index (χ3v) is 5.30. The van der Waals surface area contributed by atoms with Gasteiger partial charge < -0.3 is 19.7 Å². The Morgan fingerprint density at radius 3 is 2.90 bits per heavy atom. The van der Waals surface area contributed by atoms with E-state index in [1.54, 1.807) is 32.7 Å². The Bertz CT molecular complexity index is 822. The summed E-state index contributed by atoms with van der Waals surface area (Å²) < 4.78 is 10.6. The molecule has 0 aliphatic carbocycles. The van der Waals surface area contributed by atoms with Crippen LogP contribution in [0.3, 0.4) is 0 Å². The van der Waals surface area contributed by atoms with Gasteiger partial charge in [0.1, 0.15) is 11.5 Å². The van der Waals surface area contributed by atoms with Gasteiger partial charge in [0.05, 0.1) is 26.0 Å². The number of benzene rings is 1. The van der Waals surface area contributed by atoms with Gasteiger partial charge in [0.15, 0.2) is 0 Å². The summed E-state index contributed by atoms with van der Waals surface area (Å²) in [6, 6.07) is 5.53. The van der Waals surface area contributed by atoms with E-state index >= 15 is 0 Å². The Morgan fingerprint density at radius 1 is 1.31 bits per heavy atom. The van der Waals surface area contributed by atoms with E-state index in [0.717, 1.165) is 31.4 Å². The lowest BCUT2D eigenvalue weighted by molar-refractivity contribution is -0.121. The Kier molecular flexibility index (Phi) is 7.10. The van der Waals surface area contributed by atoms with Crippen LogP contribution in [0.5, 0.6) is 11.5 Å². The van der Waals surface area contributed by atoms with Crippen LogP contribution in [0, 0.1) is 5.92 Å². The number of rotatable bonds is 8. The van der Waals surface area contributed by atoms with Gasteiger partial charge in [-0.15, -0.1) is 0 Å². The predicted molar refractivity (Wildman–Crippen MR) is 108 cm³/mol. The van der Waals surface area contributed by atoms with Gasteiger partial charge >= 0.3 is 0 Å². The maximum Gasteiger partial charge on any atom is 0.257 e. The number of hydrogen-bond donors (Lipinski definition) is 2. The average molecular weight is 400 g/mol. The third kappa shape index (κ3) is 5.49. The summed E-state index contributed by atoms with van der Waals surface area (Å²) in [4.78, 5) is 26.7. The van der Waals surface area contributed by atoms with E-state index in [2.05, 4.69) is 15.5 Å². The molecular formula is C21H28N4O4. The third-order valence-electron chi connectivity index (χ3n) is 5.30. The van der Waals surface area contributed by atoms with Crippen molar-refractivity contribution in [1.29, 1.82) is 0 Å². The van der Waals surface area contributed by atoms with Gasteiger partial charge in [-0.25, -0.2) is 0 Å². The van der Waals surface area contributed by atoms with E-state index in [-0.39, 0.29) is 11.8 Å². The highest BCUT2D eigenvalue weighted by molar-refractivity contribution is 5.93. The van der Waals surface area contributed by atoms with Crippen LogP contribution in [0.25, 0.3) is 0 Å². The number of likely N-dealkylation sites (tertiary alicyclic amines) is 1. The van der Waals surface area contributed by atoms with Crippen LogP contribution in [0.2, 0.25) is 0 Å². The van der Waals surface area contributed by atoms with Crippen LogP contribution in [0.4, 0.5) is 0 Å². The van der Waals surface area contributed by atoms with Crippen LogP contribution in [0.15, 0.2) is 30.6 Å². The van der Waals surface area contributed by atoms with Crippen LogP contribution in [-0.2, 0) is 11.3 Å². The van der Waals surface area contributed by atoms with Gasteiger partial charge in [-0.05, 0) is 37.3 Å². The second-order valence-corrected chi connectivity index (χ2v) is 7.24. The Labute approximate surface area is 170 Å². The van der Waals surface area contributed by atoms with Crippen molar-refractivity contribution in [3.8, 4) is 11.5 Å². The fourth-order valence-electron chi connectivity index (χ4n) is 3.65. The van der Waals surface area contributed by atoms with E-state index in [1.807, 2.05) is 17.0 Å². The van der Waals surface area contributed by atoms with Crippen molar-refractivity contribution >= 4 is 11.8 Å². The molecule has 156 valence electrons. The average Bonchev–Trinajstić information content (AvgIpc) is 3.30. The highest BCUT2D eigenvalue weighted by Crippen LogP contribution is 2.25. The first-order chi connectivity index (χ1) is 14.1. The molecule has 2 aromatic rings. The van der Waals surface area contributed by atoms with Crippen molar-refractivity contribution in [2.75, 3.05) is 27.3 Å². The first kappa shape index (κ1) is 20.7. The molecule has 8 nitrogen and oxygen atoms in total. The lowest BCUT2D eigenvalue weighted by Crippen LogP contribution is -2.40. The Morgan fingerprint density at radius 2 is 2.17 bits per heavy atom. The van der Waals surface area contributed by atoms with E-state index in [1.165, 1.54) is 0 Å². The molecule has 0 radical (unpaired) electrons. The molecule has 2 amide bonds. The minimum atomic E-state index is -0.000461. The molecule has 1 fully saturated rings. The van der Waals surface area contributed by atoms with Crippen LogP contribution in [0.1, 0.15) is 41.6 Å². The zero-order valence-corrected chi connectivity index (χ0v) is 16.9. The number of nitrogens with zero attached hydrogens (tertiary/aromatic N) is 2. The van der Waals surface area contributed by atoms with Crippen molar-refractivity contribution in [2.24, 2.45) is 5.92 Å². The van der Waals surface area contributed by atoms with Gasteiger partial charge in [0.25, 0.3) is 5.91 Å². The number of aromatic nitrogens is 2. The van der Waals surface area contributed by atoms with Crippen LogP contribution < -0.4 is 14.8 Å². The molecule has 2 heterocycles. The fourth-order valence-corrected chi connectivity index (χ4v) is 3.65. The smallest absolute Gasteiger partial charge is 0.257 e. The summed E-state index contributed by atoms with van der Waals surface area (Å²) in [6.07, 6.45) is 6.37. The Balaban J connectivity index is 1.45. The molecule has 0 saturated carbocycles. The van der Waals surface area contributed by atoms with Crippen LogP contribution in [-0.4, -0.2) is 54.2 Å². The largest absolute Gasteiger partial charge is 0.497 e. The quantitative estimate of drug-likeness (QED) is 0.709. The van der Waals surface area contributed by atoms with Crippen molar-refractivity contribution < 1.29 is 19.1 Å². The topological polar surface area (TPSA) is 96.5 Å². The fraction of sp³-hybridized carbons (Fsp3) is 0.476. The minimum Gasteiger partial charge on any atom is -0.497 e. The summed E-state index contributed by atoms with van der Waals surface area (Å²) in [5.74, 6) is 1.73. The maximum atomic E-state index is 12.5. The number of carbonyl (C=O) groups is 2. The number of ether oxygens (including phenoxy) is 2. The lowest BCUT2D eigenvalue weighted by Gasteiger charge is -2.32.